The Kier molecular flexibility index (Phi) is 18.2. The van der Waals surface area contributed by atoms with Crippen molar-refractivity contribution in [3.05, 3.63) is 198 Å². The number of rotatable bonds is 10. The van der Waals surface area contributed by atoms with Gasteiger partial charge >= 0.3 is 24.7 Å². The quantitative estimate of drug-likeness (QED) is 0.0788. The van der Waals surface area contributed by atoms with Gasteiger partial charge in [-0.3, -0.25) is 0 Å². The Morgan fingerprint density at radius 2 is 0.797 bits per heavy atom. The van der Waals surface area contributed by atoms with E-state index in [2.05, 4.69) is 0 Å². The van der Waals surface area contributed by atoms with Gasteiger partial charge in [0.15, 0.2) is 0 Å². The number of benzene rings is 5. The number of halogens is 12. The van der Waals surface area contributed by atoms with Gasteiger partial charge < -0.3 is 9.47 Å². The van der Waals surface area contributed by atoms with Crippen LogP contribution in [-0.2, 0) is 41.8 Å². The van der Waals surface area contributed by atoms with E-state index in [4.69, 9.17) is 9.47 Å². The zero-order valence-corrected chi connectivity index (χ0v) is 40.8. The molecule has 0 aliphatic heterocycles. The van der Waals surface area contributed by atoms with Crippen molar-refractivity contribution in [3.8, 4) is 11.5 Å². The molecule has 0 saturated heterocycles. The van der Waals surface area contributed by atoms with Gasteiger partial charge in [-0.1, -0.05) is 31.2 Å². The van der Waals surface area contributed by atoms with Gasteiger partial charge in [0, 0.05) is 23.0 Å². The average molecular weight is 1050 g/mol. The Bertz CT molecular complexity index is 2310. The van der Waals surface area contributed by atoms with Crippen LogP contribution in [0.5, 0.6) is 11.5 Å². The van der Waals surface area contributed by atoms with E-state index < -0.39 is 79.1 Å². The molecule has 2 fully saturated rings. The summed E-state index contributed by atoms with van der Waals surface area (Å²) in [5.41, 5.74) is -4.35. The minimum absolute atomic E-state index is 0. The van der Waals surface area contributed by atoms with Crippen molar-refractivity contribution < 1.29 is 79.2 Å². The maximum Gasteiger partial charge on any atom is 0.416 e. The third-order valence-corrected chi connectivity index (χ3v) is 16.3. The molecule has 2 aliphatic rings. The molecule has 2 saturated carbocycles. The van der Waals surface area contributed by atoms with Crippen LogP contribution in [0.15, 0.2) is 84.9 Å². The van der Waals surface area contributed by atoms with Crippen molar-refractivity contribution in [2.75, 3.05) is 14.2 Å². The standard InChI is InChI=1S/C47H39F12O2P2.C5H5.Fe/c1-25-15-34(16-26(2)42(25)60-6)63(35-17-27(3)43(61-7)28(4)18-35)41-14-9-8-11-40(41)39-13-10-12-38(39)29(5)62(36-21-30(44(48,49)50)19-31(22-36)45(51,52)53)37-23-32(46(54,55)56)20-33(24-37)47(57,58)59;1-2-4-5-3-1;/h8-24,29H,1-7H3;1-5H;/t29-;;/m0../s1. The molecule has 0 heterocycles. The summed E-state index contributed by atoms with van der Waals surface area (Å²) in [4.78, 5) is 0. The number of methoxy groups -OCH3 is 2. The molecule has 5 aromatic rings. The van der Waals surface area contributed by atoms with Gasteiger partial charge in [0.05, 0.1) is 36.5 Å². The molecule has 17 heteroatoms. The molecule has 0 unspecified atom stereocenters. The number of alkyl halides is 12. The molecule has 7 rings (SSSR count). The number of ether oxygens (including phenoxy) is 2. The van der Waals surface area contributed by atoms with E-state index in [1.54, 1.807) is 39.2 Å². The van der Waals surface area contributed by atoms with Crippen LogP contribution in [0.1, 0.15) is 57.0 Å². The second-order valence-corrected chi connectivity index (χ2v) is 20.7. The van der Waals surface area contributed by atoms with Crippen molar-refractivity contribution >= 4 is 42.4 Å². The maximum absolute atomic E-state index is 14.3. The number of hydrogen-bond donors (Lipinski definition) is 0. The summed E-state index contributed by atoms with van der Waals surface area (Å²) in [5, 5.41) is 1.12. The number of hydrogen-bond acceptors (Lipinski definition) is 2. The van der Waals surface area contributed by atoms with Crippen LogP contribution in [0.25, 0.3) is 0 Å². The molecule has 0 amide bonds. The van der Waals surface area contributed by atoms with Crippen molar-refractivity contribution in [1.29, 1.82) is 0 Å². The third-order valence-electron chi connectivity index (χ3n) is 11.2. The van der Waals surface area contributed by atoms with Crippen molar-refractivity contribution in [1.82, 2.24) is 0 Å². The molecule has 5 aromatic carbocycles. The molecule has 0 spiro atoms. The van der Waals surface area contributed by atoms with Crippen molar-refractivity contribution in [3.63, 3.8) is 0 Å². The van der Waals surface area contributed by atoms with E-state index in [9.17, 15) is 52.7 Å². The van der Waals surface area contributed by atoms with E-state index >= 15 is 0 Å². The van der Waals surface area contributed by atoms with Crippen LogP contribution >= 0.6 is 15.8 Å². The summed E-state index contributed by atoms with van der Waals surface area (Å²) < 4.78 is 183. The molecule has 0 aromatic heterocycles. The van der Waals surface area contributed by atoms with E-state index in [0.29, 0.717) is 47.2 Å². The summed E-state index contributed by atoms with van der Waals surface area (Å²) in [6, 6.07) is 16.4. The normalized spacial score (nSPS) is 15.6. The van der Waals surface area contributed by atoms with Crippen LogP contribution in [0.4, 0.5) is 52.7 Å². The predicted octanol–water partition coefficient (Wildman–Crippen LogP) is 13.4. The number of aryl methyl sites for hydroxylation is 4. The fourth-order valence-corrected chi connectivity index (χ4v) is 14.0. The van der Waals surface area contributed by atoms with E-state index in [1.807, 2.05) is 96.2 Å². The maximum atomic E-state index is 14.3. The molecule has 1 atom stereocenters. The summed E-state index contributed by atoms with van der Waals surface area (Å²) in [6.07, 6.45) is -6.65. The average Bonchev–Trinajstić information content (AvgIpc) is 4.00. The first-order valence-electron chi connectivity index (χ1n) is 20.7. The predicted molar refractivity (Wildman–Crippen MR) is 246 cm³/mol. The van der Waals surface area contributed by atoms with Gasteiger partial charge in [-0.15, -0.1) is 0 Å². The molecular formula is C52H44F12FeO2P2. The fraction of sp³-hybridized carbons (Fsp3) is 0.231. The van der Waals surface area contributed by atoms with E-state index in [1.165, 1.54) is 13.3 Å². The van der Waals surface area contributed by atoms with Gasteiger partial charge in [-0.2, -0.15) is 52.7 Å². The van der Waals surface area contributed by atoms with Crippen LogP contribution in [-0.4, -0.2) is 19.9 Å². The zero-order valence-electron chi connectivity index (χ0n) is 37.9. The Labute approximate surface area is 408 Å². The van der Waals surface area contributed by atoms with Crippen LogP contribution in [0, 0.1) is 90.9 Å². The van der Waals surface area contributed by atoms with Gasteiger partial charge in [0.2, 0.25) is 0 Å². The van der Waals surface area contributed by atoms with Gasteiger partial charge in [-0.25, -0.2) is 0 Å². The SMILES string of the molecule is COc1c(C)cc(P(c2cc(C)c(OC)c(C)c2)c2ccccc2[C]2[CH][CH][CH][C]2[C@H](C)P(c2cc(C(F)(F)F)cc(C(F)(F)F)c2)c2cc(C(F)(F)F)cc(C(F)(F)F)c2)cc1C.[CH]1[CH][CH][CH][CH]1.[Fe]. The molecule has 2 nitrogen and oxygen atoms in total. The monoisotopic (exact) mass is 1050 g/mol. The summed E-state index contributed by atoms with van der Waals surface area (Å²) in [7, 11) is -1.25. The Morgan fingerprint density at radius 3 is 1.13 bits per heavy atom. The minimum atomic E-state index is -5.36. The second-order valence-electron chi connectivity index (χ2n) is 16.0. The van der Waals surface area contributed by atoms with Gasteiger partial charge in [0.1, 0.15) is 11.5 Å². The Balaban J connectivity index is 0.00000139. The van der Waals surface area contributed by atoms with E-state index in [-0.39, 0.29) is 35.1 Å². The topological polar surface area (TPSA) is 18.5 Å². The Hall–Kier alpha value is -3.76. The second kappa shape index (κ2) is 22.3. The molecule has 366 valence electrons. The molecule has 2 aliphatic carbocycles. The smallest absolute Gasteiger partial charge is 0.416 e. The van der Waals surface area contributed by atoms with Crippen molar-refractivity contribution in [2.45, 2.75) is 65.0 Å². The van der Waals surface area contributed by atoms with Crippen LogP contribution in [0.3, 0.4) is 0 Å². The van der Waals surface area contributed by atoms with Crippen LogP contribution < -0.4 is 36.0 Å². The van der Waals surface area contributed by atoms with E-state index in [0.717, 1.165) is 38.2 Å². The fourth-order valence-electron chi connectivity index (χ4n) is 8.34. The summed E-state index contributed by atoms with van der Waals surface area (Å²) in [6.45, 7) is 8.98. The Morgan fingerprint density at radius 1 is 0.449 bits per heavy atom. The van der Waals surface area contributed by atoms with Crippen molar-refractivity contribution in [2.24, 2.45) is 0 Å². The third kappa shape index (κ3) is 13.0. The minimum Gasteiger partial charge on any atom is -0.496 e. The molecule has 0 N–H and O–H groups in total. The first kappa shape index (κ1) is 56.2. The molecule has 10 radical (unpaired) electrons. The van der Waals surface area contributed by atoms with Crippen LogP contribution in [0.2, 0.25) is 0 Å². The molecular weight excluding hydrogens is 1000 g/mol. The molecule has 69 heavy (non-hydrogen) atoms. The summed E-state index contributed by atoms with van der Waals surface area (Å²) >= 11 is 0. The van der Waals surface area contributed by atoms with Gasteiger partial charge in [-0.05, 0) is 221 Å². The largest absolute Gasteiger partial charge is 0.496 e. The molecule has 0 bridgehead atoms. The first-order chi connectivity index (χ1) is 31.7. The summed E-state index contributed by atoms with van der Waals surface area (Å²) in [5.74, 6) is 2.07. The zero-order chi connectivity index (χ0) is 50.1. The first-order valence-corrected chi connectivity index (χ1v) is 23.5. The van der Waals surface area contributed by atoms with Gasteiger partial charge in [0.25, 0.3) is 0 Å².